The van der Waals surface area contributed by atoms with Crippen molar-refractivity contribution in [2.45, 2.75) is 38.6 Å². The Labute approximate surface area is 136 Å². The minimum absolute atomic E-state index is 0.0758. The first-order valence-electron chi connectivity index (χ1n) is 7.95. The van der Waals surface area contributed by atoms with Gasteiger partial charge >= 0.3 is 0 Å². The zero-order chi connectivity index (χ0) is 16.9. The molecular formula is C16H23FN2O3S. The van der Waals surface area contributed by atoms with Crippen LogP contribution in [0.2, 0.25) is 0 Å². The number of nitrogens with one attached hydrogen (secondary N) is 1. The van der Waals surface area contributed by atoms with Crippen LogP contribution in [0.15, 0.2) is 24.3 Å². The van der Waals surface area contributed by atoms with Gasteiger partial charge in [-0.25, -0.2) is 12.8 Å². The van der Waals surface area contributed by atoms with E-state index in [0.717, 1.165) is 5.56 Å². The highest BCUT2D eigenvalue weighted by Crippen LogP contribution is 2.22. The van der Waals surface area contributed by atoms with Crippen molar-refractivity contribution in [3.8, 4) is 0 Å². The smallest absolute Gasteiger partial charge is 0.238 e. The fourth-order valence-corrected chi connectivity index (χ4v) is 4.56. The minimum Gasteiger partial charge on any atom is -0.354 e. The van der Waals surface area contributed by atoms with Gasteiger partial charge in [-0.15, -0.1) is 0 Å². The molecule has 0 radical (unpaired) electrons. The fraction of sp³-hybridized carbons (Fsp3) is 0.562. The molecule has 0 spiro atoms. The Bertz CT molecular complexity index is 631. The van der Waals surface area contributed by atoms with Crippen LogP contribution in [0.5, 0.6) is 0 Å². The van der Waals surface area contributed by atoms with Crippen molar-refractivity contribution in [3.05, 3.63) is 35.6 Å². The lowest BCUT2D eigenvalue weighted by molar-refractivity contribution is -0.124. The van der Waals surface area contributed by atoms with E-state index < -0.39 is 16.1 Å². The predicted octanol–water partition coefficient (Wildman–Crippen LogP) is 1.69. The van der Waals surface area contributed by atoms with Gasteiger partial charge in [-0.05, 0) is 43.4 Å². The van der Waals surface area contributed by atoms with Gasteiger partial charge in [0.05, 0.1) is 5.75 Å². The molecule has 1 amide bonds. The van der Waals surface area contributed by atoms with Crippen molar-refractivity contribution >= 4 is 15.9 Å². The second-order valence-corrected chi connectivity index (χ2v) is 7.79. The molecule has 1 heterocycles. The number of nitrogens with zero attached hydrogens (tertiary/aromatic N) is 1. The van der Waals surface area contributed by atoms with Crippen molar-refractivity contribution in [1.29, 1.82) is 0 Å². The molecule has 7 heteroatoms. The number of benzene rings is 1. The van der Waals surface area contributed by atoms with E-state index in [2.05, 4.69) is 5.32 Å². The third-order valence-electron chi connectivity index (χ3n) is 3.95. The van der Waals surface area contributed by atoms with Crippen molar-refractivity contribution < 1.29 is 17.6 Å². The minimum atomic E-state index is -3.36. The monoisotopic (exact) mass is 342 g/mol. The Balaban J connectivity index is 1.88. The molecule has 0 aromatic heterocycles. The third kappa shape index (κ3) is 4.75. The van der Waals surface area contributed by atoms with Gasteiger partial charge in [-0.2, -0.15) is 4.31 Å². The maximum atomic E-state index is 12.8. The lowest BCUT2D eigenvalue weighted by atomic mass is 10.1. The van der Waals surface area contributed by atoms with Gasteiger partial charge < -0.3 is 5.32 Å². The van der Waals surface area contributed by atoms with E-state index in [4.69, 9.17) is 0 Å². The summed E-state index contributed by atoms with van der Waals surface area (Å²) >= 11 is 0. The van der Waals surface area contributed by atoms with Gasteiger partial charge in [0.15, 0.2) is 0 Å². The number of rotatable bonds is 7. The lowest BCUT2D eigenvalue weighted by Gasteiger charge is -2.23. The molecule has 128 valence electrons. The fourth-order valence-electron chi connectivity index (χ4n) is 2.81. The molecule has 0 saturated carbocycles. The van der Waals surface area contributed by atoms with E-state index in [-0.39, 0.29) is 17.5 Å². The largest absolute Gasteiger partial charge is 0.354 e. The van der Waals surface area contributed by atoms with Crippen LogP contribution in [0, 0.1) is 5.82 Å². The first-order chi connectivity index (χ1) is 10.9. The van der Waals surface area contributed by atoms with Gasteiger partial charge in [-0.3, -0.25) is 4.79 Å². The summed E-state index contributed by atoms with van der Waals surface area (Å²) in [6.07, 6.45) is 2.39. The number of halogens is 1. The molecule has 1 aliphatic heterocycles. The van der Waals surface area contributed by atoms with Crippen LogP contribution in [-0.4, -0.2) is 43.5 Å². The van der Waals surface area contributed by atoms with Crippen LogP contribution in [0.25, 0.3) is 0 Å². The number of sulfonamides is 1. The Morgan fingerprint density at radius 1 is 1.35 bits per heavy atom. The summed E-state index contributed by atoms with van der Waals surface area (Å²) in [6.45, 7) is 2.63. The highest BCUT2D eigenvalue weighted by Gasteiger charge is 2.37. The Morgan fingerprint density at radius 3 is 2.70 bits per heavy atom. The summed E-state index contributed by atoms with van der Waals surface area (Å²) in [5.41, 5.74) is 0.925. The Hall–Kier alpha value is -1.47. The van der Waals surface area contributed by atoms with Crippen LogP contribution in [0.4, 0.5) is 4.39 Å². The molecule has 1 aromatic rings. The second kappa shape index (κ2) is 7.88. The van der Waals surface area contributed by atoms with E-state index in [0.29, 0.717) is 38.8 Å². The molecule has 1 unspecified atom stereocenters. The SMILES string of the molecule is CCCS(=O)(=O)N1CCCC1C(=O)NCCc1ccc(F)cc1. The first kappa shape index (κ1) is 17.9. The molecule has 0 aliphatic carbocycles. The van der Waals surface area contributed by atoms with Gasteiger partial charge in [0, 0.05) is 13.1 Å². The number of hydrogen-bond donors (Lipinski definition) is 1. The second-order valence-electron chi connectivity index (χ2n) is 5.75. The third-order valence-corrected chi connectivity index (χ3v) is 6.03. The Kier molecular flexibility index (Phi) is 6.12. The Morgan fingerprint density at radius 2 is 2.04 bits per heavy atom. The molecule has 1 fully saturated rings. The molecule has 1 aromatic carbocycles. The highest BCUT2D eigenvalue weighted by atomic mass is 32.2. The van der Waals surface area contributed by atoms with E-state index in [9.17, 15) is 17.6 Å². The van der Waals surface area contributed by atoms with Gasteiger partial charge in [0.25, 0.3) is 0 Å². The summed E-state index contributed by atoms with van der Waals surface area (Å²) in [5, 5.41) is 2.79. The molecule has 1 N–H and O–H groups in total. The van der Waals surface area contributed by atoms with Crippen LogP contribution >= 0.6 is 0 Å². The zero-order valence-corrected chi connectivity index (χ0v) is 14.1. The molecule has 1 aliphatic rings. The number of hydrogen-bond acceptors (Lipinski definition) is 3. The standard InChI is InChI=1S/C16H23FN2O3S/c1-2-12-23(21,22)19-11-3-4-15(19)16(20)18-10-9-13-5-7-14(17)8-6-13/h5-8,15H,2-4,9-12H2,1H3,(H,18,20). The van der Waals surface area contributed by atoms with Crippen molar-refractivity contribution in [3.63, 3.8) is 0 Å². The average Bonchev–Trinajstić information content (AvgIpc) is 2.99. The maximum Gasteiger partial charge on any atom is 0.238 e. The van der Waals surface area contributed by atoms with Crippen molar-refractivity contribution in [1.82, 2.24) is 9.62 Å². The van der Waals surface area contributed by atoms with Gasteiger partial charge in [-0.1, -0.05) is 19.1 Å². The molecule has 0 bridgehead atoms. The lowest BCUT2D eigenvalue weighted by Crippen LogP contribution is -2.46. The summed E-state index contributed by atoms with van der Waals surface area (Å²) in [4.78, 5) is 12.3. The first-order valence-corrected chi connectivity index (χ1v) is 9.56. The highest BCUT2D eigenvalue weighted by molar-refractivity contribution is 7.89. The molecule has 23 heavy (non-hydrogen) atoms. The van der Waals surface area contributed by atoms with Crippen LogP contribution in [-0.2, 0) is 21.2 Å². The van der Waals surface area contributed by atoms with Crippen LogP contribution in [0.3, 0.4) is 0 Å². The zero-order valence-electron chi connectivity index (χ0n) is 13.3. The van der Waals surface area contributed by atoms with Crippen molar-refractivity contribution in [2.75, 3.05) is 18.8 Å². The number of carbonyl (C=O) groups is 1. The van der Waals surface area contributed by atoms with E-state index in [1.807, 2.05) is 6.92 Å². The molecule has 2 rings (SSSR count). The summed E-state index contributed by atoms with van der Waals surface area (Å²) in [5.74, 6) is -0.461. The van der Waals surface area contributed by atoms with Crippen molar-refractivity contribution in [2.24, 2.45) is 0 Å². The molecule has 5 nitrogen and oxygen atoms in total. The normalized spacial score (nSPS) is 19.0. The summed E-state index contributed by atoms with van der Waals surface area (Å²) < 4.78 is 38.5. The summed E-state index contributed by atoms with van der Waals surface area (Å²) in [6, 6.07) is 5.52. The average molecular weight is 342 g/mol. The number of carbonyl (C=O) groups excluding carboxylic acids is 1. The van der Waals surface area contributed by atoms with E-state index >= 15 is 0 Å². The number of amides is 1. The van der Waals surface area contributed by atoms with E-state index in [1.54, 1.807) is 12.1 Å². The molecular weight excluding hydrogens is 319 g/mol. The molecule has 1 atom stereocenters. The maximum absolute atomic E-state index is 12.8. The van der Waals surface area contributed by atoms with Crippen LogP contribution < -0.4 is 5.32 Å². The quantitative estimate of drug-likeness (QED) is 0.820. The van der Waals surface area contributed by atoms with Gasteiger partial charge in [0.1, 0.15) is 11.9 Å². The summed E-state index contributed by atoms with van der Waals surface area (Å²) in [7, 11) is -3.36. The van der Waals surface area contributed by atoms with Gasteiger partial charge in [0.2, 0.25) is 15.9 Å². The van der Waals surface area contributed by atoms with E-state index in [1.165, 1.54) is 16.4 Å². The topological polar surface area (TPSA) is 66.5 Å². The predicted molar refractivity (Wildman–Crippen MR) is 86.9 cm³/mol. The molecule has 1 saturated heterocycles. The van der Waals surface area contributed by atoms with Crippen LogP contribution in [0.1, 0.15) is 31.7 Å².